The summed E-state index contributed by atoms with van der Waals surface area (Å²) < 4.78 is 2.23. The van der Waals surface area contributed by atoms with Crippen molar-refractivity contribution in [2.45, 2.75) is 19.3 Å². The largest absolute Gasteiger partial charge is 0.347 e. The fourth-order valence-electron chi connectivity index (χ4n) is 2.63. The van der Waals surface area contributed by atoms with Crippen LogP contribution in [0.3, 0.4) is 0 Å². The van der Waals surface area contributed by atoms with Crippen molar-refractivity contribution < 1.29 is 4.79 Å². The second-order valence-electron chi connectivity index (χ2n) is 4.64. The van der Waals surface area contributed by atoms with Crippen molar-refractivity contribution in [2.24, 2.45) is 7.05 Å². The standard InChI is InChI=1S/C15H15NO/c1-16-14-8-7-13(17)9-12(14)10-15(16)11-5-3-2-4-6-11/h2-6,10H,7-9H2,1H3. The number of ketones is 1. The predicted octanol–water partition coefficient (Wildman–Crippen LogP) is 2.75. The maximum atomic E-state index is 11.5. The minimum atomic E-state index is 0.364. The van der Waals surface area contributed by atoms with E-state index in [1.54, 1.807) is 0 Å². The van der Waals surface area contributed by atoms with Gasteiger partial charge in [-0.3, -0.25) is 4.79 Å². The van der Waals surface area contributed by atoms with Crippen LogP contribution in [0.2, 0.25) is 0 Å². The normalized spacial score (nSPS) is 14.8. The maximum Gasteiger partial charge on any atom is 0.137 e. The highest BCUT2D eigenvalue weighted by Gasteiger charge is 2.20. The van der Waals surface area contributed by atoms with Crippen LogP contribution in [0, 0.1) is 0 Å². The number of fused-ring (bicyclic) bond motifs is 1. The molecular formula is C15H15NO. The summed E-state index contributed by atoms with van der Waals surface area (Å²) in [6.45, 7) is 0. The van der Waals surface area contributed by atoms with Crippen molar-refractivity contribution in [3.05, 3.63) is 47.7 Å². The summed E-state index contributed by atoms with van der Waals surface area (Å²) in [6.07, 6.45) is 2.19. The Kier molecular flexibility index (Phi) is 2.36. The second kappa shape index (κ2) is 3.88. The molecule has 1 heterocycles. The van der Waals surface area contributed by atoms with E-state index in [4.69, 9.17) is 0 Å². The summed E-state index contributed by atoms with van der Waals surface area (Å²) in [5.41, 5.74) is 4.97. The van der Waals surface area contributed by atoms with Crippen LogP contribution < -0.4 is 0 Å². The van der Waals surface area contributed by atoms with Crippen LogP contribution in [0.1, 0.15) is 17.7 Å². The molecule has 2 nitrogen and oxygen atoms in total. The topological polar surface area (TPSA) is 22.0 Å². The molecule has 2 heteroatoms. The Labute approximate surface area is 101 Å². The van der Waals surface area contributed by atoms with Crippen LogP contribution in [0.15, 0.2) is 36.4 Å². The average molecular weight is 225 g/mol. The molecule has 1 aromatic heterocycles. The molecule has 0 aliphatic heterocycles. The molecule has 0 N–H and O–H groups in total. The number of hydrogen-bond donors (Lipinski definition) is 0. The number of carbonyl (C=O) groups excluding carboxylic acids is 1. The number of hydrogen-bond acceptors (Lipinski definition) is 1. The third-order valence-corrected chi connectivity index (χ3v) is 3.55. The fraction of sp³-hybridized carbons (Fsp3) is 0.267. The first-order chi connectivity index (χ1) is 8.25. The van der Waals surface area contributed by atoms with E-state index in [9.17, 15) is 4.79 Å². The summed E-state index contributed by atoms with van der Waals surface area (Å²) in [5.74, 6) is 0.364. The van der Waals surface area contributed by atoms with Crippen molar-refractivity contribution in [1.29, 1.82) is 0 Å². The smallest absolute Gasteiger partial charge is 0.137 e. The minimum Gasteiger partial charge on any atom is -0.347 e. The third kappa shape index (κ3) is 1.70. The maximum absolute atomic E-state index is 11.5. The zero-order chi connectivity index (χ0) is 11.8. The summed E-state index contributed by atoms with van der Waals surface area (Å²) in [4.78, 5) is 11.5. The summed E-state index contributed by atoms with van der Waals surface area (Å²) in [6, 6.07) is 12.5. The Morgan fingerprint density at radius 2 is 1.88 bits per heavy atom. The molecule has 3 rings (SSSR count). The molecular weight excluding hydrogens is 210 g/mol. The second-order valence-corrected chi connectivity index (χ2v) is 4.64. The van der Waals surface area contributed by atoms with E-state index in [1.807, 2.05) is 18.2 Å². The molecule has 0 unspecified atom stereocenters. The van der Waals surface area contributed by atoms with Crippen LogP contribution in [0.5, 0.6) is 0 Å². The molecule has 0 radical (unpaired) electrons. The van der Waals surface area contributed by atoms with Gasteiger partial charge >= 0.3 is 0 Å². The van der Waals surface area contributed by atoms with Crippen molar-refractivity contribution in [1.82, 2.24) is 4.57 Å². The molecule has 0 atom stereocenters. The summed E-state index contributed by atoms with van der Waals surface area (Å²) >= 11 is 0. The van der Waals surface area contributed by atoms with E-state index in [0.717, 1.165) is 6.42 Å². The Balaban J connectivity index is 2.11. The lowest BCUT2D eigenvalue weighted by atomic mass is 9.97. The Bertz CT molecular complexity index is 566. The van der Waals surface area contributed by atoms with Gasteiger partial charge in [-0.1, -0.05) is 30.3 Å². The number of carbonyl (C=O) groups is 1. The Morgan fingerprint density at radius 1 is 1.12 bits per heavy atom. The first-order valence-corrected chi connectivity index (χ1v) is 6.00. The molecule has 0 saturated carbocycles. The molecule has 17 heavy (non-hydrogen) atoms. The summed E-state index contributed by atoms with van der Waals surface area (Å²) in [7, 11) is 2.09. The molecule has 0 spiro atoms. The first kappa shape index (κ1) is 10.3. The lowest BCUT2D eigenvalue weighted by molar-refractivity contribution is -0.118. The van der Waals surface area contributed by atoms with Crippen LogP contribution >= 0.6 is 0 Å². The van der Waals surface area contributed by atoms with Gasteiger partial charge in [0.15, 0.2) is 0 Å². The van der Waals surface area contributed by atoms with Crippen molar-refractivity contribution in [2.75, 3.05) is 0 Å². The molecule has 0 saturated heterocycles. The number of rotatable bonds is 1. The van der Waals surface area contributed by atoms with Crippen LogP contribution in [0.25, 0.3) is 11.3 Å². The number of nitrogens with zero attached hydrogens (tertiary/aromatic N) is 1. The monoisotopic (exact) mass is 225 g/mol. The van der Waals surface area contributed by atoms with Gasteiger partial charge in [-0.15, -0.1) is 0 Å². The number of aromatic nitrogens is 1. The summed E-state index contributed by atoms with van der Waals surface area (Å²) in [5, 5.41) is 0. The van der Waals surface area contributed by atoms with Crippen molar-refractivity contribution in [3.8, 4) is 11.3 Å². The highest BCUT2D eigenvalue weighted by Crippen LogP contribution is 2.28. The Morgan fingerprint density at radius 3 is 2.65 bits per heavy atom. The van der Waals surface area contributed by atoms with E-state index in [-0.39, 0.29) is 0 Å². The molecule has 1 aliphatic carbocycles. The molecule has 0 fully saturated rings. The van der Waals surface area contributed by atoms with Gasteiger partial charge in [0.05, 0.1) is 0 Å². The highest BCUT2D eigenvalue weighted by molar-refractivity contribution is 5.84. The van der Waals surface area contributed by atoms with E-state index in [2.05, 4.69) is 29.8 Å². The van der Waals surface area contributed by atoms with E-state index < -0.39 is 0 Å². The number of benzene rings is 1. The van der Waals surface area contributed by atoms with Crippen molar-refractivity contribution >= 4 is 5.78 Å². The third-order valence-electron chi connectivity index (χ3n) is 3.55. The first-order valence-electron chi connectivity index (χ1n) is 6.00. The minimum absolute atomic E-state index is 0.364. The van der Waals surface area contributed by atoms with Crippen molar-refractivity contribution in [3.63, 3.8) is 0 Å². The van der Waals surface area contributed by atoms with E-state index in [1.165, 1.54) is 22.5 Å². The lowest BCUT2D eigenvalue weighted by Crippen LogP contribution is -2.14. The van der Waals surface area contributed by atoms with Gasteiger partial charge < -0.3 is 4.57 Å². The quantitative estimate of drug-likeness (QED) is 0.731. The van der Waals surface area contributed by atoms with Gasteiger partial charge in [-0.2, -0.15) is 0 Å². The van der Waals surface area contributed by atoms with Crippen LogP contribution in [0.4, 0.5) is 0 Å². The lowest BCUT2D eigenvalue weighted by Gasteiger charge is -2.12. The SMILES string of the molecule is Cn1c(-c2ccccc2)cc2c1CCC(=O)C2. The van der Waals surface area contributed by atoms with Gasteiger partial charge in [-0.05, 0) is 23.6 Å². The molecule has 0 amide bonds. The van der Waals surface area contributed by atoms with Crippen LogP contribution in [-0.4, -0.2) is 10.4 Å². The van der Waals surface area contributed by atoms with Gasteiger partial charge in [-0.25, -0.2) is 0 Å². The van der Waals surface area contributed by atoms with E-state index in [0.29, 0.717) is 18.6 Å². The molecule has 86 valence electrons. The Hall–Kier alpha value is -1.83. The van der Waals surface area contributed by atoms with Gasteiger partial charge in [0, 0.05) is 31.3 Å². The average Bonchev–Trinajstić information content (AvgIpc) is 2.67. The van der Waals surface area contributed by atoms with E-state index >= 15 is 0 Å². The zero-order valence-electron chi connectivity index (χ0n) is 9.94. The number of Topliss-reactive ketones (excluding diaryl/α,β-unsaturated/α-hetero) is 1. The van der Waals surface area contributed by atoms with Gasteiger partial charge in [0.1, 0.15) is 5.78 Å². The zero-order valence-corrected chi connectivity index (χ0v) is 9.94. The van der Waals surface area contributed by atoms with Gasteiger partial charge in [0.2, 0.25) is 0 Å². The predicted molar refractivity (Wildman–Crippen MR) is 67.9 cm³/mol. The van der Waals surface area contributed by atoms with Crippen LogP contribution in [-0.2, 0) is 24.7 Å². The van der Waals surface area contributed by atoms with Gasteiger partial charge in [0.25, 0.3) is 0 Å². The molecule has 1 aromatic carbocycles. The molecule has 2 aromatic rings. The molecule has 1 aliphatic rings. The molecule has 0 bridgehead atoms. The highest BCUT2D eigenvalue weighted by atomic mass is 16.1. The fourth-order valence-corrected chi connectivity index (χ4v) is 2.63.